The molecule has 0 unspecified atom stereocenters. The number of nitrogens with one attached hydrogen (secondary N) is 1. The summed E-state index contributed by atoms with van der Waals surface area (Å²) >= 11 is 0. The van der Waals surface area contributed by atoms with Crippen molar-refractivity contribution in [1.82, 2.24) is 14.2 Å². The van der Waals surface area contributed by atoms with Gasteiger partial charge in [-0.1, -0.05) is 18.2 Å². The molecule has 0 saturated carbocycles. The number of nitrogens with zero attached hydrogens (tertiary/aromatic N) is 5. The van der Waals surface area contributed by atoms with Gasteiger partial charge in [-0.3, -0.25) is 0 Å². The Labute approximate surface area is 248 Å². The average molecular weight is 630 g/mol. The van der Waals surface area contributed by atoms with Crippen LogP contribution in [0.2, 0.25) is 0 Å². The predicted molar refractivity (Wildman–Crippen MR) is 159 cm³/mol. The van der Waals surface area contributed by atoms with Crippen molar-refractivity contribution >= 4 is 49.0 Å². The van der Waals surface area contributed by atoms with Crippen molar-refractivity contribution in [2.45, 2.75) is 42.5 Å². The Kier molecular flexibility index (Phi) is 6.70. The molecule has 1 aromatic carbocycles. The molecular formula is C27H29N6O8S2-. The highest BCUT2D eigenvalue weighted by Crippen LogP contribution is 2.40. The number of amidine groups is 1. The van der Waals surface area contributed by atoms with Crippen LogP contribution < -0.4 is 5.32 Å². The highest BCUT2D eigenvalue weighted by molar-refractivity contribution is 7.92. The number of hydrogen-bond acceptors (Lipinski definition) is 12. The number of aliphatic imine (C=N–C) groups is 2. The molecule has 16 heteroatoms. The maximum Gasteiger partial charge on any atom is 0.269 e. The van der Waals surface area contributed by atoms with E-state index in [-0.39, 0.29) is 57.8 Å². The van der Waals surface area contributed by atoms with E-state index in [2.05, 4.69) is 10.3 Å². The quantitative estimate of drug-likeness (QED) is 0.386. The Morgan fingerprint density at radius 1 is 1.07 bits per heavy atom. The minimum Gasteiger partial charge on any atom is -0.612 e. The van der Waals surface area contributed by atoms with Crippen LogP contribution in [-0.2, 0) is 29.3 Å². The lowest BCUT2D eigenvalue weighted by Crippen LogP contribution is -2.60. The van der Waals surface area contributed by atoms with Gasteiger partial charge in [0.2, 0.25) is 0 Å². The fraction of sp³-hybridized carbons (Fsp3) is 0.370. The Bertz CT molecular complexity index is 1880. The van der Waals surface area contributed by atoms with Crippen LogP contribution in [-0.4, -0.2) is 91.3 Å². The monoisotopic (exact) mass is 629 g/mol. The van der Waals surface area contributed by atoms with Crippen LogP contribution in [0.1, 0.15) is 26.3 Å². The van der Waals surface area contributed by atoms with Crippen LogP contribution >= 0.6 is 0 Å². The molecule has 2 aromatic rings. The second-order valence-electron chi connectivity index (χ2n) is 11.1. The third-order valence-corrected chi connectivity index (χ3v) is 11.8. The van der Waals surface area contributed by atoms with Gasteiger partial charge >= 0.3 is 0 Å². The molecule has 43 heavy (non-hydrogen) atoms. The first kappa shape index (κ1) is 28.9. The molecule has 0 spiro atoms. The van der Waals surface area contributed by atoms with E-state index in [9.17, 15) is 27.3 Å². The Balaban J connectivity index is 1.62. The number of ether oxygens (including phenoxy) is 2. The van der Waals surface area contributed by atoms with E-state index >= 15 is 0 Å². The zero-order chi connectivity index (χ0) is 30.9. The summed E-state index contributed by atoms with van der Waals surface area (Å²) in [6.07, 6.45) is 3.34. The lowest BCUT2D eigenvalue weighted by atomic mass is 9.98. The molecule has 0 radical (unpaired) electrons. The molecule has 228 valence electrons. The van der Waals surface area contributed by atoms with E-state index < -0.39 is 35.2 Å². The topological polar surface area (TPSA) is 181 Å². The fourth-order valence-electron chi connectivity index (χ4n) is 5.44. The smallest absolute Gasteiger partial charge is 0.269 e. The predicted octanol–water partition coefficient (Wildman–Crippen LogP) is 1.71. The van der Waals surface area contributed by atoms with Gasteiger partial charge in [-0.05, 0) is 39.0 Å². The van der Waals surface area contributed by atoms with Crippen molar-refractivity contribution in [3.05, 3.63) is 75.9 Å². The van der Waals surface area contributed by atoms with Crippen LogP contribution in [0.15, 0.2) is 74.8 Å². The molecule has 2 fully saturated rings. The Morgan fingerprint density at radius 2 is 1.79 bits per heavy atom. The van der Waals surface area contributed by atoms with Crippen LogP contribution in [0.3, 0.4) is 0 Å². The van der Waals surface area contributed by atoms with Crippen LogP contribution in [0.25, 0.3) is 5.57 Å². The molecule has 2 atom stereocenters. The number of rotatable bonds is 4. The molecule has 14 nitrogen and oxygen atoms in total. The van der Waals surface area contributed by atoms with Crippen molar-refractivity contribution in [1.29, 1.82) is 0 Å². The van der Waals surface area contributed by atoms with Gasteiger partial charge in [0.25, 0.3) is 15.7 Å². The van der Waals surface area contributed by atoms with E-state index in [4.69, 9.17) is 14.5 Å². The number of morpholine rings is 2. The molecule has 4 aliphatic heterocycles. The van der Waals surface area contributed by atoms with Crippen molar-refractivity contribution in [2.24, 2.45) is 9.98 Å². The van der Waals surface area contributed by atoms with E-state index in [0.717, 1.165) is 16.4 Å². The zero-order valence-corrected chi connectivity index (χ0v) is 25.3. The summed E-state index contributed by atoms with van der Waals surface area (Å²) in [5.74, 6) is 0.432. The standard InChI is InChI=1S/C27H29N6O8S2/c1-16-13-40-14-17-15-41-22-23(27(2,3)42(4,36)37)29-24(30-26(22)32(16)17)21-19-10-11-31(25(19)28-12-20(21)33(34)35)43(38,39)18-8-6-5-7-9-18/h5-12,16-17,29H,13-15H2,1-4H3/q-1/t16-,17+/m0/s1. The summed E-state index contributed by atoms with van der Waals surface area (Å²) in [4.78, 5) is 10.3. The van der Waals surface area contributed by atoms with Crippen molar-refractivity contribution in [2.75, 3.05) is 26.1 Å². The molecule has 0 bridgehead atoms. The molecule has 2 saturated heterocycles. The van der Waals surface area contributed by atoms with Crippen molar-refractivity contribution < 1.29 is 31.2 Å². The lowest BCUT2D eigenvalue weighted by Gasteiger charge is -2.48. The van der Waals surface area contributed by atoms with E-state index in [0.29, 0.717) is 19.0 Å². The van der Waals surface area contributed by atoms with Gasteiger partial charge in [0.05, 0.1) is 35.9 Å². The first-order valence-electron chi connectivity index (χ1n) is 13.3. The average Bonchev–Trinajstić information content (AvgIpc) is 3.41. The summed E-state index contributed by atoms with van der Waals surface area (Å²) < 4.78 is 64.4. The summed E-state index contributed by atoms with van der Waals surface area (Å²) in [6.45, 7) is 5.91. The van der Waals surface area contributed by atoms with Gasteiger partial charge in [-0.15, -0.1) is 0 Å². The number of aromatic nitrogens is 1. The SMILES string of the molecule is C[C@H]1COC[C@@H]2COC3=C(C(C)(C)S(C)(=O)=O)NC(=C4C(=[N+]([O-])[O-])C=Nc5c4ccn5S(=O)(=O)c4ccccc4)N=C3N21. The largest absolute Gasteiger partial charge is 0.612 e. The van der Waals surface area contributed by atoms with Gasteiger partial charge in [-0.25, -0.2) is 30.8 Å². The minimum atomic E-state index is -4.11. The van der Waals surface area contributed by atoms with Crippen molar-refractivity contribution in [3.8, 4) is 0 Å². The number of sulfone groups is 1. The summed E-state index contributed by atoms with van der Waals surface area (Å²) in [5.41, 5.74) is -0.211. The lowest BCUT2D eigenvalue weighted by molar-refractivity contribution is -0.375. The second kappa shape index (κ2) is 9.96. The maximum absolute atomic E-state index is 13.5. The Hall–Kier alpha value is -4.15. The fourth-order valence-corrected chi connectivity index (χ4v) is 7.27. The highest BCUT2D eigenvalue weighted by Gasteiger charge is 2.47. The zero-order valence-electron chi connectivity index (χ0n) is 23.7. The third-order valence-electron chi connectivity index (χ3n) is 8.02. The molecule has 1 N–H and O–H groups in total. The summed E-state index contributed by atoms with van der Waals surface area (Å²) in [6, 6.07) is 8.75. The number of fused-ring (bicyclic) bond motifs is 4. The molecule has 4 aliphatic rings. The molecule has 5 heterocycles. The van der Waals surface area contributed by atoms with Crippen LogP contribution in [0.5, 0.6) is 0 Å². The minimum absolute atomic E-state index is 0.00866. The molecule has 6 rings (SSSR count). The molecule has 0 amide bonds. The molecule has 1 aromatic heterocycles. The van der Waals surface area contributed by atoms with Gasteiger partial charge in [0.15, 0.2) is 27.2 Å². The number of hydrogen-bond donors (Lipinski definition) is 1. The molecule has 0 aliphatic carbocycles. The molecular weight excluding hydrogens is 600 g/mol. The van der Waals surface area contributed by atoms with Gasteiger partial charge in [0.1, 0.15) is 29.0 Å². The van der Waals surface area contributed by atoms with E-state index in [1.54, 1.807) is 18.2 Å². The van der Waals surface area contributed by atoms with Gasteiger partial charge < -0.3 is 30.1 Å². The van der Waals surface area contributed by atoms with Crippen LogP contribution in [0, 0.1) is 10.4 Å². The second-order valence-corrected chi connectivity index (χ2v) is 15.5. The first-order valence-corrected chi connectivity index (χ1v) is 16.7. The maximum atomic E-state index is 13.5. The number of benzene rings is 1. The van der Waals surface area contributed by atoms with Gasteiger partial charge in [0, 0.05) is 18.0 Å². The van der Waals surface area contributed by atoms with Gasteiger partial charge in [-0.2, -0.15) is 4.90 Å². The first-order chi connectivity index (χ1) is 20.2. The third kappa shape index (κ3) is 4.51. The van der Waals surface area contributed by atoms with Crippen molar-refractivity contribution in [3.63, 3.8) is 0 Å². The normalized spacial score (nSPS) is 24.0. The number of allylic oxidation sites excluding steroid dienone is 1. The van der Waals surface area contributed by atoms with E-state index in [1.165, 1.54) is 38.2 Å². The van der Waals surface area contributed by atoms with Crippen LogP contribution in [0.4, 0.5) is 5.82 Å². The highest BCUT2D eigenvalue weighted by atomic mass is 32.2. The summed E-state index contributed by atoms with van der Waals surface area (Å²) in [5, 5.41) is 27.7. The van der Waals surface area contributed by atoms with E-state index in [1.807, 2.05) is 11.8 Å². The Morgan fingerprint density at radius 3 is 2.47 bits per heavy atom. The summed E-state index contributed by atoms with van der Waals surface area (Å²) in [7, 11) is -7.87.